The Kier molecular flexibility index (Phi) is 6.76. The fraction of sp³-hybridized carbons (Fsp3) is 0.889. The van der Waals surface area contributed by atoms with Gasteiger partial charge in [-0.2, -0.15) is 0 Å². The van der Waals surface area contributed by atoms with Gasteiger partial charge in [0.2, 0.25) is 0 Å². The minimum Gasteiger partial charge on any atom is -0.480 e. The molecule has 0 heterocycles. The Bertz CT molecular complexity index is 126. The van der Waals surface area contributed by atoms with Crippen molar-refractivity contribution in [2.75, 3.05) is 6.54 Å². The summed E-state index contributed by atoms with van der Waals surface area (Å²) in [4.78, 5) is 10.2. The lowest BCUT2D eigenvalue weighted by atomic mass is 10.1. The van der Waals surface area contributed by atoms with E-state index in [0.29, 0.717) is 6.04 Å². The Morgan fingerprint density at radius 1 is 1.50 bits per heavy atom. The molecule has 0 aliphatic carbocycles. The van der Waals surface area contributed by atoms with Gasteiger partial charge in [0.05, 0.1) is 6.54 Å². The van der Waals surface area contributed by atoms with Gasteiger partial charge in [-0.05, 0) is 12.8 Å². The van der Waals surface area contributed by atoms with Crippen LogP contribution in [0.5, 0.6) is 0 Å². The van der Waals surface area contributed by atoms with Gasteiger partial charge < -0.3 is 10.4 Å². The molecule has 12 heavy (non-hydrogen) atoms. The normalized spacial score (nSPS) is 12.8. The highest BCUT2D eigenvalue weighted by molar-refractivity contribution is 5.69. The van der Waals surface area contributed by atoms with Crippen LogP contribution < -0.4 is 5.32 Å². The van der Waals surface area contributed by atoms with Gasteiger partial charge in [0, 0.05) is 6.04 Å². The second kappa shape index (κ2) is 7.10. The Morgan fingerprint density at radius 3 is 2.58 bits per heavy atom. The number of carbonyl (C=O) groups is 1. The number of carboxylic acid groups (broad SMARTS) is 1. The summed E-state index contributed by atoms with van der Waals surface area (Å²) in [7, 11) is 0. The largest absolute Gasteiger partial charge is 0.480 e. The van der Waals surface area contributed by atoms with Gasteiger partial charge in [-0.3, -0.25) is 4.79 Å². The summed E-state index contributed by atoms with van der Waals surface area (Å²) in [5.41, 5.74) is 0. The van der Waals surface area contributed by atoms with Crippen molar-refractivity contribution >= 4 is 5.97 Å². The molecule has 0 aliphatic rings. The predicted octanol–water partition coefficient (Wildman–Crippen LogP) is 1.63. The molecule has 3 heteroatoms. The number of nitrogens with one attached hydrogen (secondary N) is 1. The van der Waals surface area contributed by atoms with E-state index in [1.54, 1.807) is 0 Å². The standard InChI is InChI=1S/C9H19NO2/c1-3-5-6-8(4-2)10-7-9(11)12/h8,10H,3-7H2,1-2H3,(H,11,12). The highest BCUT2D eigenvalue weighted by Gasteiger charge is 2.05. The van der Waals surface area contributed by atoms with Gasteiger partial charge in [0.15, 0.2) is 0 Å². The number of carboxylic acids is 1. The van der Waals surface area contributed by atoms with E-state index < -0.39 is 5.97 Å². The van der Waals surface area contributed by atoms with Gasteiger partial charge in [-0.1, -0.05) is 26.7 Å². The molecule has 0 aromatic heterocycles. The van der Waals surface area contributed by atoms with Crippen LogP contribution in [0.4, 0.5) is 0 Å². The molecule has 0 rings (SSSR count). The topological polar surface area (TPSA) is 49.3 Å². The second-order valence-corrected chi connectivity index (χ2v) is 3.02. The maximum absolute atomic E-state index is 10.2. The molecular weight excluding hydrogens is 154 g/mol. The summed E-state index contributed by atoms with van der Waals surface area (Å²) in [5.74, 6) is -0.773. The summed E-state index contributed by atoms with van der Waals surface area (Å²) in [6.45, 7) is 4.31. The van der Waals surface area contributed by atoms with Gasteiger partial charge in [-0.15, -0.1) is 0 Å². The first-order valence-electron chi connectivity index (χ1n) is 4.65. The SMILES string of the molecule is CCCCC(CC)NCC(=O)O. The first-order valence-corrected chi connectivity index (χ1v) is 4.65. The third-order valence-corrected chi connectivity index (χ3v) is 1.94. The fourth-order valence-electron chi connectivity index (χ4n) is 1.13. The van der Waals surface area contributed by atoms with Crippen LogP contribution in [0.25, 0.3) is 0 Å². The van der Waals surface area contributed by atoms with Crippen LogP contribution in [0.3, 0.4) is 0 Å². The molecule has 0 aromatic rings. The number of hydrogen-bond donors (Lipinski definition) is 2. The Labute approximate surface area is 74.2 Å². The van der Waals surface area contributed by atoms with E-state index >= 15 is 0 Å². The van der Waals surface area contributed by atoms with Crippen molar-refractivity contribution in [3.63, 3.8) is 0 Å². The lowest BCUT2D eigenvalue weighted by Crippen LogP contribution is -2.33. The molecule has 0 bridgehead atoms. The zero-order valence-electron chi connectivity index (χ0n) is 7.97. The van der Waals surface area contributed by atoms with Gasteiger partial charge in [-0.25, -0.2) is 0 Å². The molecule has 72 valence electrons. The van der Waals surface area contributed by atoms with Crippen molar-refractivity contribution < 1.29 is 9.90 Å². The predicted molar refractivity (Wildman–Crippen MR) is 49.2 cm³/mol. The Balaban J connectivity index is 3.45. The number of hydrogen-bond acceptors (Lipinski definition) is 2. The highest BCUT2D eigenvalue weighted by atomic mass is 16.4. The lowest BCUT2D eigenvalue weighted by Gasteiger charge is -2.14. The van der Waals surface area contributed by atoms with E-state index in [-0.39, 0.29) is 6.54 Å². The van der Waals surface area contributed by atoms with E-state index in [2.05, 4.69) is 19.2 Å². The van der Waals surface area contributed by atoms with Crippen LogP contribution in [-0.2, 0) is 4.79 Å². The minimum absolute atomic E-state index is 0.0855. The van der Waals surface area contributed by atoms with Crippen LogP contribution in [0.2, 0.25) is 0 Å². The second-order valence-electron chi connectivity index (χ2n) is 3.02. The quantitative estimate of drug-likeness (QED) is 0.615. The average Bonchev–Trinajstić information content (AvgIpc) is 2.05. The van der Waals surface area contributed by atoms with E-state index in [0.717, 1.165) is 12.8 Å². The first-order chi connectivity index (χ1) is 5.70. The molecule has 3 nitrogen and oxygen atoms in total. The van der Waals surface area contributed by atoms with E-state index in [4.69, 9.17) is 5.11 Å². The molecule has 0 spiro atoms. The molecule has 0 radical (unpaired) electrons. The molecule has 1 unspecified atom stereocenters. The first kappa shape index (κ1) is 11.4. The van der Waals surface area contributed by atoms with Crippen LogP contribution >= 0.6 is 0 Å². The average molecular weight is 173 g/mol. The summed E-state index contributed by atoms with van der Waals surface area (Å²) < 4.78 is 0. The van der Waals surface area contributed by atoms with Crippen molar-refractivity contribution in [2.24, 2.45) is 0 Å². The molecule has 0 aliphatic heterocycles. The molecule has 0 saturated carbocycles. The third-order valence-electron chi connectivity index (χ3n) is 1.94. The van der Waals surface area contributed by atoms with Crippen molar-refractivity contribution in [1.82, 2.24) is 5.32 Å². The zero-order chi connectivity index (χ0) is 9.40. The molecule has 0 aromatic carbocycles. The smallest absolute Gasteiger partial charge is 0.317 e. The zero-order valence-corrected chi connectivity index (χ0v) is 7.97. The van der Waals surface area contributed by atoms with Crippen molar-refractivity contribution in [3.05, 3.63) is 0 Å². The van der Waals surface area contributed by atoms with E-state index in [9.17, 15) is 4.79 Å². The molecule has 0 saturated heterocycles. The van der Waals surface area contributed by atoms with Gasteiger partial charge in [0.1, 0.15) is 0 Å². The fourth-order valence-corrected chi connectivity index (χ4v) is 1.13. The summed E-state index contributed by atoms with van der Waals surface area (Å²) in [5, 5.41) is 11.4. The van der Waals surface area contributed by atoms with Crippen molar-refractivity contribution in [3.8, 4) is 0 Å². The summed E-state index contributed by atoms with van der Waals surface area (Å²) in [6, 6.07) is 0.376. The van der Waals surface area contributed by atoms with Crippen molar-refractivity contribution in [1.29, 1.82) is 0 Å². The molecular formula is C9H19NO2. The third kappa shape index (κ3) is 6.16. The number of rotatable bonds is 7. The van der Waals surface area contributed by atoms with Crippen LogP contribution in [0, 0.1) is 0 Å². The van der Waals surface area contributed by atoms with Crippen LogP contribution in [0.15, 0.2) is 0 Å². The monoisotopic (exact) mass is 173 g/mol. The van der Waals surface area contributed by atoms with Gasteiger partial charge in [0.25, 0.3) is 0 Å². The number of unbranched alkanes of at least 4 members (excludes halogenated alkanes) is 1. The Morgan fingerprint density at radius 2 is 2.17 bits per heavy atom. The highest BCUT2D eigenvalue weighted by Crippen LogP contribution is 2.03. The minimum atomic E-state index is -0.773. The van der Waals surface area contributed by atoms with Gasteiger partial charge >= 0.3 is 5.97 Å². The summed E-state index contributed by atoms with van der Waals surface area (Å²) in [6.07, 6.45) is 4.43. The van der Waals surface area contributed by atoms with E-state index in [1.807, 2.05) is 0 Å². The van der Waals surface area contributed by atoms with Crippen LogP contribution in [-0.4, -0.2) is 23.7 Å². The molecule has 0 amide bonds. The lowest BCUT2D eigenvalue weighted by molar-refractivity contribution is -0.136. The maximum atomic E-state index is 10.2. The molecule has 0 fully saturated rings. The van der Waals surface area contributed by atoms with Crippen molar-refractivity contribution in [2.45, 2.75) is 45.6 Å². The summed E-state index contributed by atoms with van der Waals surface area (Å²) >= 11 is 0. The number of aliphatic carboxylic acids is 1. The maximum Gasteiger partial charge on any atom is 0.317 e. The van der Waals surface area contributed by atoms with E-state index in [1.165, 1.54) is 12.8 Å². The molecule has 2 N–H and O–H groups in total. The molecule has 1 atom stereocenters. The van der Waals surface area contributed by atoms with Crippen LogP contribution in [0.1, 0.15) is 39.5 Å². The Hall–Kier alpha value is -0.570.